The summed E-state index contributed by atoms with van der Waals surface area (Å²) in [6.07, 6.45) is -12.8. The van der Waals surface area contributed by atoms with E-state index in [0.717, 1.165) is 29.6 Å². The third-order valence-corrected chi connectivity index (χ3v) is 8.10. The molecule has 3 unspecified atom stereocenters. The maximum absolute atomic E-state index is 13.6. The van der Waals surface area contributed by atoms with Gasteiger partial charge in [-0.3, -0.25) is 0 Å². The van der Waals surface area contributed by atoms with Crippen LogP contribution in [0.4, 0.5) is 32.3 Å². The number of fused-ring (bicyclic) bond motifs is 1. The van der Waals surface area contributed by atoms with Crippen LogP contribution in [0.15, 0.2) is 40.5 Å². The predicted octanol–water partition coefficient (Wildman–Crippen LogP) is 4.98. The van der Waals surface area contributed by atoms with E-state index in [2.05, 4.69) is 19.6 Å². The van der Waals surface area contributed by atoms with E-state index in [1.54, 1.807) is 24.3 Å². The third kappa shape index (κ3) is 6.33. The molecule has 1 fully saturated rings. The van der Waals surface area contributed by atoms with Gasteiger partial charge in [-0.15, -0.1) is 0 Å². The fourth-order valence-electron chi connectivity index (χ4n) is 4.98. The zero-order valence-corrected chi connectivity index (χ0v) is 22.8. The Kier molecular flexibility index (Phi) is 7.86. The number of ether oxygens (including phenoxy) is 1. The minimum absolute atomic E-state index is 0.0136. The summed E-state index contributed by atoms with van der Waals surface area (Å²) in [7, 11) is -3.22. The van der Waals surface area contributed by atoms with Gasteiger partial charge in [-0.25, -0.2) is 14.9 Å². The van der Waals surface area contributed by atoms with Gasteiger partial charge in [-0.2, -0.15) is 36.0 Å². The first kappa shape index (κ1) is 30.4. The minimum Gasteiger partial charge on any atom is -0.777 e. The molecule has 1 saturated carbocycles. The van der Waals surface area contributed by atoms with Crippen LogP contribution in [-0.4, -0.2) is 51.2 Å². The Morgan fingerprint density at radius 3 is 2.25 bits per heavy atom. The van der Waals surface area contributed by atoms with Crippen LogP contribution in [-0.2, 0) is 20.7 Å². The SMILES string of the molecule is COc1ccc(Sc2nc(N)nc3c2ncn3CC2(OOP(C)(=O)[O-])C(C)C2(CC(F)(F)F)CC(F)(F)F)cc1. The van der Waals surface area contributed by atoms with Crippen LogP contribution in [0.5, 0.6) is 5.75 Å². The second-order valence-electron chi connectivity index (χ2n) is 9.49. The minimum atomic E-state index is -5.04. The molecule has 2 aromatic heterocycles. The number of hydrogen-bond acceptors (Lipinski definition) is 10. The van der Waals surface area contributed by atoms with Crippen molar-refractivity contribution in [3.63, 3.8) is 0 Å². The largest absolute Gasteiger partial charge is 0.777 e. The number of methoxy groups -OCH3 is 1. The highest BCUT2D eigenvalue weighted by molar-refractivity contribution is 7.99. The van der Waals surface area contributed by atoms with Crippen LogP contribution in [0.1, 0.15) is 19.8 Å². The maximum atomic E-state index is 13.6. The van der Waals surface area contributed by atoms with Gasteiger partial charge in [0.2, 0.25) is 5.95 Å². The van der Waals surface area contributed by atoms with Crippen molar-refractivity contribution in [2.24, 2.45) is 11.3 Å². The Hall–Kier alpha value is -2.59. The molecular weight excluding hydrogens is 591 g/mol. The predicted molar refractivity (Wildman–Crippen MR) is 128 cm³/mol. The molecule has 0 saturated heterocycles. The molecule has 3 atom stereocenters. The highest BCUT2D eigenvalue weighted by Crippen LogP contribution is 2.73. The van der Waals surface area contributed by atoms with Gasteiger partial charge in [-0.1, -0.05) is 18.7 Å². The van der Waals surface area contributed by atoms with E-state index in [9.17, 15) is 35.8 Å². The third-order valence-electron chi connectivity index (χ3n) is 6.77. The summed E-state index contributed by atoms with van der Waals surface area (Å²) in [6.45, 7) is 0.978. The van der Waals surface area contributed by atoms with Crippen molar-refractivity contribution in [2.75, 3.05) is 19.5 Å². The normalized spacial score (nSPS) is 22.3. The van der Waals surface area contributed by atoms with Gasteiger partial charge in [0, 0.05) is 17.0 Å². The van der Waals surface area contributed by atoms with Crippen LogP contribution in [0, 0.1) is 11.3 Å². The van der Waals surface area contributed by atoms with Crippen LogP contribution < -0.4 is 15.4 Å². The monoisotopic (exact) mass is 614 g/mol. The van der Waals surface area contributed by atoms with Gasteiger partial charge >= 0.3 is 12.4 Å². The zero-order valence-electron chi connectivity index (χ0n) is 21.1. The topological polar surface area (TPSA) is 137 Å². The molecule has 3 aromatic rings. The lowest BCUT2D eigenvalue weighted by atomic mass is 9.91. The van der Waals surface area contributed by atoms with Gasteiger partial charge in [0.1, 0.15) is 21.9 Å². The number of imidazole rings is 1. The van der Waals surface area contributed by atoms with E-state index in [0.29, 0.717) is 17.3 Å². The molecule has 2 N–H and O–H groups in total. The Morgan fingerprint density at radius 2 is 1.73 bits per heavy atom. The lowest BCUT2D eigenvalue weighted by molar-refractivity contribution is -0.326. The van der Waals surface area contributed by atoms with Crippen molar-refractivity contribution in [3.05, 3.63) is 30.6 Å². The summed E-state index contributed by atoms with van der Waals surface area (Å²) in [5, 5.41) is 0.260. The first-order valence-electron chi connectivity index (χ1n) is 11.5. The van der Waals surface area contributed by atoms with Crippen LogP contribution in [0.3, 0.4) is 0 Å². The highest BCUT2D eigenvalue weighted by atomic mass is 32.2. The van der Waals surface area contributed by atoms with Gasteiger partial charge in [0.05, 0.1) is 32.8 Å². The zero-order chi connectivity index (χ0) is 29.7. The number of nitrogens with zero attached hydrogens (tertiary/aromatic N) is 4. The molecule has 0 aliphatic heterocycles. The molecular formula is C22H23F6N5O5PS-. The number of hydrogen-bond donors (Lipinski definition) is 1. The average molecular weight is 614 g/mol. The molecule has 0 spiro atoms. The van der Waals surface area contributed by atoms with E-state index in [1.165, 1.54) is 7.11 Å². The first-order chi connectivity index (χ1) is 18.4. The van der Waals surface area contributed by atoms with Crippen LogP contribution in [0.25, 0.3) is 11.2 Å². The van der Waals surface area contributed by atoms with Crippen LogP contribution in [0.2, 0.25) is 0 Å². The lowest BCUT2D eigenvalue weighted by Gasteiger charge is -2.29. The smallest absolute Gasteiger partial charge is 0.389 e. The number of nitrogen functional groups attached to an aromatic ring is 1. The van der Waals surface area contributed by atoms with E-state index in [4.69, 9.17) is 15.4 Å². The summed E-state index contributed by atoms with van der Waals surface area (Å²) in [4.78, 5) is 29.8. The van der Waals surface area contributed by atoms with Gasteiger partial charge in [0.25, 0.3) is 0 Å². The fourth-order valence-corrected chi connectivity index (χ4v) is 6.13. The second kappa shape index (κ2) is 10.4. The van der Waals surface area contributed by atoms with Crippen molar-refractivity contribution >= 4 is 36.5 Å². The molecule has 1 aromatic carbocycles. The second-order valence-corrected chi connectivity index (χ2v) is 12.2. The molecule has 18 heteroatoms. The van der Waals surface area contributed by atoms with E-state index < -0.39 is 56.3 Å². The summed E-state index contributed by atoms with van der Waals surface area (Å²) in [5.74, 6) is -1.09. The number of alkyl halides is 6. The number of rotatable bonds is 10. The van der Waals surface area contributed by atoms with E-state index >= 15 is 0 Å². The molecule has 0 amide bonds. The molecule has 1 aliphatic rings. The Morgan fingerprint density at radius 1 is 1.12 bits per heavy atom. The first-order valence-corrected chi connectivity index (χ1v) is 14.3. The van der Waals surface area contributed by atoms with Crippen molar-refractivity contribution in [2.45, 2.75) is 54.2 Å². The van der Waals surface area contributed by atoms with Crippen molar-refractivity contribution < 1.29 is 50.1 Å². The molecule has 0 bridgehead atoms. The number of anilines is 1. The lowest BCUT2D eigenvalue weighted by Crippen LogP contribution is -2.35. The average Bonchev–Trinajstić information content (AvgIpc) is 3.07. The summed E-state index contributed by atoms with van der Waals surface area (Å²) < 4.78 is 104. The highest BCUT2D eigenvalue weighted by Gasteiger charge is 2.81. The Labute approximate surface area is 227 Å². The molecule has 4 rings (SSSR count). The van der Waals surface area contributed by atoms with E-state index in [1.807, 2.05) is 0 Å². The van der Waals surface area contributed by atoms with Crippen LogP contribution >= 0.6 is 19.4 Å². The number of halogens is 6. The molecule has 10 nitrogen and oxygen atoms in total. The van der Waals surface area contributed by atoms with Crippen molar-refractivity contribution in [1.82, 2.24) is 19.5 Å². The number of nitrogens with two attached hydrogens (primary N) is 1. The Balaban J connectivity index is 1.77. The van der Waals surface area contributed by atoms with Crippen molar-refractivity contribution in [1.29, 1.82) is 0 Å². The molecule has 220 valence electrons. The molecule has 0 radical (unpaired) electrons. The van der Waals surface area contributed by atoms with Gasteiger partial charge in [0.15, 0.2) is 13.2 Å². The molecule has 2 heterocycles. The van der Waals surface area contributed by atoms with Gasteiger partial charge in [-0.05, 0) is 30.2 Å². The summed E-state index contributed by atoms with van der Waals surface area (Å²) >= 11 is 1.13. The Bertz CT molecular complexity index is 1410. The number of benzene rings is 1. The summed E-state index contributed by atoms with van der Waals surface area (Å²) in [5.41, 5.74) is 1.03. The van der Waals surface area contributed by atoms with Gasteiger partial charge < -0.3 is 24.5 Å². The van der Waals surface area contributed by atoms with Crippen molar-refractivity contribution in [3.8, 4) is 5.75 Å². The molecule has 40 heavy (non-hydrogen) atoms. The molecule has 1 aliphatic carbocycles. The quantitative estimate of drug-likeness (QED) is 0.109. The number of aromatic nitrogens is 4. The summed E-state index contributed by atoms with van der Waals surface area (Å²) in [6, 6.07) is 6.85. The maximum Gasteiger partial charge on any atom is 0.389 e. The van der Waals surface area contributed by atoms with E-state index in [-0.39, 0.29) is 22.1 Å². The fraction of sp³-hybridized carbons (Fsp3) is 0.500. The standard InChI is InChI=1S/C22H24F6N5O5PS/c1-12-19(8-21(23,24)25,9-22(26,27)28)20(12,37-38-39(3,34)35)10-33-11-30-15-16(33)31-18(29)32-17(15)40-14-6-4-13(36-2)5-7-14/h4-7,11-12H,8-10H2,1-3H3,(H,34,35)(H2,29,31,32)/p-1.